The van der Waals surface area contributed by atoms with Crippen LogP contribution in [0.15, 0.2) is 48.5 Å². The van der Waals surface area contributed by atoms with Gasteiger partial charge in [-0.05, 0) is 55.9 Å². The summed E-state index contributed by atoms with van der Waals surface area (Å²) in [6.07, 6.45) is 4.03. The number of fused-ring (bicyclic) bond motifs is 1. The van der Waals surface area contributed by atoms with E-state index in [9.17, 15) is 14.0 Å². The van der Waals surface area contributed by atoms with Gasteiger partial charge in [-0.1, -0.05) is 36.4 Å². The summed E-state index contributed by atoms with van der Waals surface area (Å²) in [5.41, 5.74) is 4.04. The molecule has 2 heterocycles. The number of hydrogen-bond donors (Lipinski definition) is 1. The van der Waals surface area contributed by atoms with Gasteiger partial charge in [0, 0.05) is 36.6 Å². The van der Waals surface area contributed by atoms with Crippen molar-refractivity contribution in [3.63, 3.8) is 0 Å². The molecular weight excluding hydrogens is 461 g/mol. The Morgan fingerprint density at radius 3 is 2.46 bits per heavy atom. The molecule has 0 unspecified atom stereocenters. The summed E-state index contributed by atoms with van der Waals surface area (Å²) in [6, 6.07) is 14.4. The van der Waals surface area contributed by atoms with Crippen molar-refractivity contribution in [3.8, 4) is 0 Å². The highest BCUT2D eigenvalue weighted by molar-refractivity contribution is 7.17. The van der Waals surface area contributed by atoms with E-state index in [1.54, 1.807) is 23.5 Å². The fourth-order valence-electron chi connectivity index (χ4n) is 5.08. The van der Waals surface area contributed by atoms with Crippen LogP contribution in [0.25, 0.3) is 0 Å². The first kappa shape index (κ1) is 23.7. The van der Waals surface area contributed by atoms with Crippen LogP contribution in [0.1, 0.15) is 44.8 Å². The van der Waals surface area contributed by atoms with Crippen LogP contribution < -0.4 is 10.2 Å². The van der Waals surface area contributed by atoms with Gasteiger partial charge in [-0.3, -0.25) is 14.5 Å². The molecule has 1 aliphatic carbocycles. The van der Waals surface area contributed by atoms with Crippen molar-refractivity contribution in [2.45, 2.75) is 32.6 Å². The number of benzene rings is 2. The van der Waals surface area contributed by atoms with Gasteiger partial charge in [-0.2, -0.15) is 0 Å². The van der Waals surface area contributed by atoms with Crippen LogP contribution in [0.3, 0.4) is 0 Å². The van der Waals surface area contributed by atoms with E-state index < -0.39 is 0 Å². The number of hydrogen-bond acceptors (Lipinski definition) is 5. The number of thiophene rings is 1. The van der Waals surface area contributed by atoms with Crippen LogP contribution >= 0.6 is 11.3 Å². The molecule has 0 saturated carbocycles. The van der Waals surface area contributed by atoms with Crippen LogP contribution in [0.5, 0.6) is 0 Å². The molecule has 0 spiro atoms. The fraction of sp³-hybridized carbons (Fsp3) is 0.357. The smallest absolute Gasteiger partial charge is 0.239 e. The zero-order chi connectivity index (χ0) is 24.4. The number of rotatable bonds is 6. The molecule has 2 aromatic carbocycles. The first-order valence-electron chi connectivity index (χ1n) is 12.3. The van der Waals surface area contributed by atoms with Gasteiger partial charge in [0.05, 0.1) is 17.8 Å². The van der Waals surface area contributed by atoms with E-state index in [-0.39, 0.29) is 24.1 Å². The van der Waals surface area contributed by atoms with Gasteiger partial charge in [0.1, 0.15) is 10.8 Å². The predicted octanol–water partition coefficient (Wildman–Crippen LogP) is 5.07. The summed E-state index contributed by atoms with van der Waals surface area (Å²) in [4.78, 5) is 32.0. The van der Waals surface area contributed by atoms with Gasteiger partial charge < -0.3 is 10.2 Å². The summed E-state index contributed by atoms with van der Waals surface area (Å²) in [5, 5.41) is 3.76. The van der Waals surface area contributed by atoms with Gasteiger partial charge in [0.15, 0.2) is 5.78 Å². The second-order valence-corrected chi connectivity index (χ2v) is 10.4. The monoisotopic (exact) mass is 491 g/mol. The van der Waals surface area contributed by atoms with Crippen LogP contribution in [0, 0.1) is 12.7 Å². The molecule has 3 aromatic rings. The fourth-order valence-corrected chi connectivity index (χ4v) is 6.38. The first-order chi connectivity index (χ1) is 17.0. The molecule has 182 valence electrons. The Kier molecular flexibility index (Phi) is 6.97. The maximum Gasteiger partial charge on any atom is 0.239 e. The summed E-state index contributed by atoms with van der Waals surface area (Å²) in [6.45, 7) is 4.89. The molecule has 5 nitrogen and oxygen atoms in total. The average Bonchev–Trinajstić information content (AvgIpc) is 3.22. The summed E-state index contributed by atoms with van der Waals surface area (Å²) in [5.74, 6) is -0.329. The van der Waals surface area contributed by atoms with Gasteiger partial charge in [-0.25, -0.2) is 4.39 Å². The lowest BCUT2D eigenvalue weighted by atomic mass is 9.91. The Hall–Kier alpha value is -3.03. The third-order valence-electron chi connectivity index (χ3n) is 6.97. The summed E-state index contributed by atoms with van der Waals surface area (Å²) < 4.78 is 14.1. The molecular formula is C28H30FN3O2S. The molecule has 5 rings (SSSR count). The van der Waals surface area contributed by atoms with Crippen molar-refractivity contribution in [3.05, 3.63) is 81.5 Å². The molecule has 7 heteroatoms. The predicted molar refractivity (Wildman–Crippen MR) is 139 cm³/mol. The SMILES string of the molecule is Cc1ccccc1C(=O)c1c(NC(=O)CN2CCN(c3ccccc3F)CC2)sc2c1CCCC2. The minimum absolute atomic E-state index is 0.00342. The second kappa shape index (κ2) is 10.3. The number of piperazine rings is 1. The van der Waals surface area contributed by atoms with E-state index in [4.69, 9.17) is 0 Å². The molecule has 35 heavy (non-hydrogen) atoms. The Morgan fingerprint density at radius 1 is 0.971 bits per heavy atom. The third kappa shape index (κ3) is 5.02. The Labute approximate surface area is 209 Å². The Balaban J connectivity index is 1.28. The second-order valence-electron chi connectivity index (χ2n) is 9.32. The number of ketones is 1. The lowest BCUT2D eigenvalue weighted by Crippen LogP contribution is -2.48. The van der Waals surface area contributed by atoms with E-state index in [1.807, 2.05) is 42.2 Å². The molecule has 2 aliphatic rings. The minimum atomic E-state index is -0.216. The Morgan fingerprint density at radius 2 is 1.69 bits per heavy atom. The lowest BCUT2D eigenvalue weighted by Gasteiger charge is -2.35. The highest BCUT2D eigenvalue weighted by Gasteiger charge is 2.28. The number of nitrogens with one attached hydrogen (secondary N) is 1. The molecule has 1 N–H and O–H groups in total. The third-order valence-corrected chi connectivity index (χ3v) is 8.18. The Bertz CT molecular complexity index is 1250. The highest BCUT2D eigenvalue weighted by Crippen LogP contribution is 2.39. The van der Waals surface area contributed by atoms with Gasteiger partial charge in [0.2, 0.25) is 5.91 Å². The number of amides is 1. The normalized spacial score (nSPS) is 16.1. The minimum Gasteiger partial charge on any atom is -0.367 e. The van der Waals surface area contributed by atoms with Crippen molar-refractivity contribution >= 4 is 33.7 Å². The topological polar surface area (TPSA) is 52.7 Å². The summed E-state index contributed by atoms with van der Waals surface area (Å²) in [7, 11) is 0. The van der Waals surface area contributed by atoms with Gasteiger partial charge in [0.25, 0.3) is 0 Å². The number of anilines is 2. The zero-order valence-corrected chi connectivity index (χ0v) is 20.8. The van der Waals surface area contributed by atoms with Crippen molar-refractivity contribution < 1.29 is 14.0 Å². The molecule has 0 radical (unpaired) electrons. The van der Waals surface area contributed by atoms with Crippen LogP contribution in [-0.2, 0) is 17.6 Å². The van der Waals surface area contributed by atoms with Gasteiger partial charge >= 0.3 is 0 Å². The average molecular weight is 492 g/mol. The first-order valence-corrected chi connectivity index (χ1v) is 13.1. The van der Waals surface area contributed by atoms with E-state index in [0.29, 0.717) is 48.0 Å². The number of halogens is 1. The van der Waals surface area contributed by atoms with Crippen molar-refractivity contribution in [2.75, 3.05) is 42.9 Å². The lowest BCUT2D eigenvalue weighted by molar-refractivity contribution is -0.117. The number of para-hydroxylation sites is 1. The maximum absolute atomic E-state index is 14.1. The van der Waals surface area contributed by atoms with E-state index in [2.05, 4.69) is 10.2 Å². The molecule has 1 aliphatic heterocycles. The van der Waals surface area contributed by atoms with Crippen LogP contribution in [-0.4, -0.2) is 49.3 Å². The van der Waals surface area contributed by atoms with E-state index in [1.165, 1.54) is 10.9 Å². The molecule has 1 aromatic heterocycles. The van der Waals surface area contributed by atoms with E-state index in [0.717, 1.165) is 36.8 Å². The maximum atomic E-state index is 14.1. The molecule has 1 amide bonds. The van der Waals surface area contributed by atoms with E-state index >= 15 is 0 Å². The number of carbonyl (C=O) groups is 2. The zero-order valence-electron chi connectivity index (χ0n) is 20.0. The largest absolute Gasteiger partial charge is 0.367 e. The number of aryl methyl sites for hydroxylation is 2. The molecule has 1 saturated heterocycles. The van der Waals surface area contributed by atoms with Crippen molar-refractivity contribution in [1.82, 2.24) is 4.90 Å². The standard InChI is InChI=1S/C28H30FN3O2S/c1-19-8-2-3-9-20(19)27(34)26-21-10-4-7-13-24(21)35-28(26)30-25(33)18-31-14-16-32(17-15-31)23-12-6-5-11-22(23)29/h2-3,5-6,8-9,11-12H,4,7,10,13-18H2,1H3,(H,30,33). The van der Waals surface area contributed by atoms with Crippen molar-refractivity contribution in [1.29, 1.82) is 0 Å². The number of carbonyl (C=O) groups excluding carboxylic acids is 2. The molecule has 0 atom stereocenters. The van der Waals surface area contributed by atoms with Crippen molar-refractivity contribution in [2.24, 2.45) is 0 Å². The quantitative estimate of drug-likeness (QED) is 0.490. The van der Waals surface area contributed by atoms with Crippen LogP contribution in [0.4, 0.5) is 15.1 Å². The number of nitrogens with zero attached hydrogens (tertiary/aromatic N) is 2. The van der Waals surface area contributed by atoms with Gasteiger partial charge in [-0.15, -0.1) is 11.3 Å². The summed E-state index contributed by atoms with van der Waals surface area (Å²) >= 11 is 1.56. The molecule has 1 fully saturated rings. The highest BCUT2D eigenvalue weighted by atomic mass is 32.1. The van der Waals surface area contributed by atoms with Crippen LogP contribution in [0.2, 0.25) is 0 Å². The molecule has 0 bridgehead atoms.